The van der Waals surface area contributed by atoms with E-state index in [0.717, 1.165) is 4.47 Å². The van der Waals surface area contributed by atoms with Crippen LogP contribution in [0.5, 0.6) is 0 Å². The number of nitrogens with one attached hydrogen (secondary N) is 1. The van der Waals surface area contributed by atoms with Crippen LogP contribution in [0.1, 0.15) is 12.8 Å². The molecule has 2 N–H and O–H groups in total. The van der Waals surface area contributed by atoms with Gasteiger partial charge in [0.1, 0.15) is 0 Å². The van der Waals surface area contributed by atoms with E-state index in [1.165, 1.54) is 0 Å². The average Bonchev–Trinajstić information content (AvgIpc) is 2.81. The highest BCUT2D eigenvalue weighted by molar-refractivity contribution is 9.10. The fourth-order valence-electron chi connectivity index (χ4n) is 2.28. The van der Waals surface area contributed by atoms with Gasteiger partial charge in [0.15, 0.2) is 0 Å². The zero-order valence-electron chi connectivity index (χ0n) is 10.9. The van der Waals surface area contributed by atoms with Gasteiger partial charge in [-0.15, -0.1) is 0 Å². The van der Waals surface area contributed by atoms with E-state index in [1.807, 2.05) is 0 Å². The van der Waals surface area contributed by atoms with Crippen LogP contribution in [0.4, 0.5) is 10.5 Å². The van der Waals surface area contributed by atoms with Crippen LogP contribution in [0.2, 0.25) is 10.0 Å². The number of rotatable bonds is 3. The second-order valence-corrected chi connectivity index (χ2v) is 6.60. The van der Waals surface area contributed by atoms with E-state index in [9.17, 15) is 9.59 Å². The Morgan fingerprint density at radius 2 is 2.00 bits per heavy atom. The molecule has 114 valence electrons. The SMILES string of the molecule is O=C(O)CC1CCN(C(=O)Nc2c(Cl)cc(Br)cc2Cl)C1. The molecule has 1 atom stereocenters. The van der Waals surface area contributed by atoms with Gasteiger partial charge in [0, 0.05) is 24.0 Å². The number of amides is 2. The first kappa shape index (κ1) is 16.4. The van der Waals surface area contributed by atoms with Crippen molar-refractivity contribution < 1.29 is 14.7 Å². The van der Waals surface area contributed by atoms with Crippen molar-refractivity contribution in [2.24, 2.45) is 5.92 Å². The molecule has 5 nitrogen and oxygen atoms in total. The highest BCUT2D eigenvalue weighted by Gasteiger charge is 2.28. The maximum atomic E-state index is 12.2. The molecule has 1 aliphatic heterocycles. The van der Waals surface area contributed by atoms with Crippen LogP contribution in [0, 0.1) is 5.92 Å². The second-order valence-electron chi connectivity index (χ2n) is 4.87. The zero-order chi connectivity index (χ0) is 15.6. The van der Waals surface area contributed by atoms with E-state index in [4.69, 9.17) is 28.3 Å². The molecule has 0 radical (unpaired) electrons. The predicted octanol–water partition coefficient (Wildman–Crippen LogP) is 4.08. The van der Waals surface area contributed by atoms with Gasteiger partial charge in [-0.1, -0.05) is 39.1 Å². The number of urea groups is 1. The normalized spacial score (nSPS) is 17.9. The highest BCUT2D eigenvalue weighted by atomic mass is 79.9. The minimum Gasteiger partial charge on any atom is -0.481 e. The summed E-state index contributed by atoms with van der Waals surface area (Å²) in [6, 6.07) is 2.95. The summed E-state index contributed by atoms with van der Waals surface area (Å²) < 4.78 is 0.721. The topological polar surface area (TPSA) is 69.6 Å². The number of benzene rings is 1. The van der Waals surface area contributed by atoms with Gasteiger partial charge >= 0.3 is 12.0 Å². The molecule has 1 unspecified atom stereocenters. The van der Waals surface area contributed by atoms with Crippen LogP contribution >= 0.6 is 39.1 Å². The number of carboxylic acids is 1. The maximum Gasteiger partial charge on any atom is 0.321 e. The van der Waals surface area contributed by atoms with Crippen LogP contribution in [0.15, 0.2) is 16.6 Å². The lowest BCUT2D eigenvalue weighted by molar-refractivity contribution is -0.138. The monoisotopic (exact) mass is 394 g/mol. The fourth-order valence-corrected chi connectivity index (χ4v) is 3.58. The van der Waals surface area contributed by atoms with E-state index >= 15 is 0 Å². The van der Waals surface area contributed by atoms with Crippen molar-refractivity contribution in [2.45, 2.75) is 12.8 Å². The Hall–Kier alpha value is -0.980. The van der Waals surface area contributed by atoms with Crippen molar-refractivity contribution >= 4 is 56.8 Å². The third-order valence-corrected chi connectivity index (χ3v) is 4.33. The smallest absolute Gasteiger partial charge is 0.321 e. The number of halogens is 3. The number of carbonyl (C=O) groups excluding carboxylic acids is 1. The number of aliphatic carboxylic acids is 1. The lowest BCUT2D eigenvalue weighted by Gasteiger charge is -2.18. The highest BCUT2D eigenvalue weighted by Crippen LogP contribution is 2.34. The van der Waals surface area contributed by atoms with E-state index in [0.29, 0.717) is 35.2 Å². The van der Waals surface area contributed by atoms with Crippen molar-refractivity contribution in [3.8, 4) is 0 Å². The number of nitrogens with zero attached hydrogens (tertiary/aromatic N) is 1. The molecule has 2 rings (SSSR count). The minimum atomic E-state index is -0.846. The van der Waals surface area contributed by atoms with Crippen LogP contribution in [-0.2, 0) is 4.79 Å². The van der Waals surface area contributed by atoms with Crippen molar-refractivity contribution in [2.75, 3.05) is 18.4 Å². The first-order valence-electron chi connectivity index (χ1n) is 6.29. The molecule has 8 heteroatoms. The molecule has 0 saturated carbocycles. The van der Waals surface area contributed by atoms with Crippen molar-refractivity contribution in [3.05, 3.63) is 26.7 Å². The van der Waals surface area contributed by atoms with Crippen LogP contribution < -0.4 is 5.32 Å². The predicted molar refractivity (Wildman–Crippen MR) is 85.1 cm³/mol. The lowest BCUT2D eigenvalue weighted by atomic mass is 10.1. The summed E-state index contributed by atoms with van der Waals surface area (Å²) in [5, 5.41) is 12.1. The molecular formula is C13H13BrCl2N2O3. The van der Waals surface area contributed by atoms with Gasteiger partial charge in [-0.05, 0) is 24.5 Å². The molecule has 1 aromatic rings. The molecule has 1 aromatic carbocycles. The summed E-state index contributed by atoms with van der Waals surface area (Å²) in [5.74, 6) is -0.856. The number of hydrogen-bond acceptors (Lipinski definition) is 2. The van der Waals surface area contributed by atoms with Gasteiger partial charge in [-0.25, -0.2) is 4.79 Å². The molecule has 1 aliphatic rings. The fraction of sp³-hybridized carbons (Fsp3) is 0.385. The van der Waals surface area contributed by atoms with Crippen molar-refractivity contribution in [1.29, 1.82) is 0 Å². The van der Waals surface area contributed by atoms with Gasteiger partial charge in [-0.3, -0.25) is 4.79 Å². The van der Waals surface area contributed by atoms with Gasteiger partial charge < -0.3 is 15.3 Å². The zero-order valence-corrected chi connectivity index (χ0v) is 14.0. The maximum absolute atomic E-state index is 12.2. The minimum absolute atomic E-state index is 0.0101. The first-order valence-corrected chi connectivity index (χ1v) is 7.84. The van der Waals surface area contributed by atoms with E-state index in [1.54, 1.807) is 17.0 Å². The molecule has 0 spiro atoms. The molecule has 0 aromatic heterocycles. The quantitative estimate of drug-likeness (QED) is 0.809. The average molecular weight is 396 g/mol. The molecule has 1 fully saturated rings. The first-order chi connectivity index (χ1) is 9.86. The number of hydrogen-bond donors (Lipinski definition) is 2. The Balaban J connectivity index is 2.01. The molecular weight excluding hydrogens is 383 g/mol. The second kappa shape index (κ2) is 6.85. The van der Waals surface area contributed by atoms with Gasteiger partial charge in [0.05, 0.1) is 15.7 Å². The molecule has 0 aliphatic carbocycles. The Morgan fingerprint density at radius 3 is 2.57 bits per heavy atom. The summed E-state index contributed by atoms with van der Waals surface area (Å²) in [5.41, 5.74) is 0.355. The largest absolute Gasteiger partial charge is 0.481 e. The third-order valence-electron chi connectivity index (χ3n) is 3.28. The summed E-state index contributed by atoms with van der Waals surface area (Å²) >= 11 is 15.4. The van der Waals surface area contributed by atoms with Gasteiger partial charge in [-0.2, -0.15) is 0 Å². The Kier molecular flexibility index (Phi) is 5.35. The van der Waals surface area contributed by atoms with E-state index in [-0.39, 0.29) is 18.4 Å². The summed E-state index contributed by atoms with van der Waals surface area (Å²) in [7, 11) is 0. The van der Waals surface area contributed by atoms with Crippen LogP contribution in [0.25, 0.3) is 0 Å². The van der Waals surface area contributed by atoms with Crippen LogP contribution in [-0.4, -0.2) is 35.1 Å². The number of carboxylic acid groups (broad SMARTS) is 1. The summed E-state index contributed by atoms with van der Waals surface area (Å²) in [6.07, 6.45) is 0.755. The lowest BCUT2D eigenvalue weighted by Crippen LogP contribution is -2.33. The third kappa shape index (κ3) is 4.25. The van der Waals surface area contributed by atoms with Crippen molar-refractivity contribution in [3.63, 3.8) is 0 Å². The Morgan fingerprint density at radius 1 is 1.38 bits per heavy atom. The molecule has 0 bridgehead atoms. The van der Waals surface area contributed by atoms with Crippen molar-refractivity contribution in [1.82, 2.24) is 4.90 Å². The standard InChI is InChI=1S/C13H13BrCl2N2O3/c14-8-4-9(15)12(10(16)5-8)17-13(21)18-2-1-7(6-18)3-11(19)20/h4-5,7H,1-3,6H2,(H,17,21)(H,19,20). The Bertz CT molecular complexity index is 560. The molecule has 1 saturated heterocycles. The van der Waals surface area contributed by atoms with Gasteiger partial charge in [0.2, 0.25) is 0 Å². The molecule has 21 heavy (non-hydrogen) atoms. The van der Waals surface area contributed by atoms with E-state index in [2.05, 4.69) is 21.2 Å². The summed E-state index contributed by atoms with van der Waals surface area (Å²) in [4.78, 5) is 24.4. The van der Waals surface area contributed by atoms with E-state index < -0.39 is 5.97 Å². The van der Waals surface area contributed by atoms with Crippen LogP contribution in [0.3, 0.4) is 0 Å². The Labute approximate surface area is 140 Å². The molecule has 2 amide bonds. The number of carbonyl (C=O) groups is 2. The number of anilines is 1. The summed E-state index contributed by atoms with van der Waals surface area (Å²) in [6.45, 7) is 0.944. The number of likely N-dealkylation sites (tertiary alicyclic amines) is 1. The van der Waals surface area contributed by atoms with Gasteiger partial charge in [0.25, 0.3) is 0 Å². The molecule has 1 heterocycles.